The number of aromatic nitrogens is 2. The van der Waals surface area contributed by atoms with Gasteiger partial charge < -0.3 is 10.2 Å². The van der Waals surface area contributed by atoms with Crippen molar-refractivity contribution in [2.24, 2.45) is 0 Å². The van der Waals surface area contributed by atoms with Crippen LogP contribution >= 0.6 is 11.6 Å². The predicted octanol–water partition coefficient (Wildman–Crippen LogP) is 2.22. The summed E-state index contributed by atoms with van der Waals surface area (Å²) in [4.78, 5) is 13.9. The van der Waals surface area contributed by atoms with E-state index in [1.807, 2.05) is 9.58 Å². The third-order valence-electron chi connectivity index (χ3n) is 3.96. The van der Waals surface area contributed by atoms with Crippen LogP contribution in [0.1, 0.15) is 44.5 Å². The second-order valence-electron chi connectivity index (χ2n) is 5.39. The van der Waals surface area contributed by atoms with Crippen LogP contribution in [-0.2, 0) is 24.3 Å². The Labute approximate surface area is 131 Å². The Balaban J connectivity index is 1.80. The number of amides is 1. The molecule has 2 heterocycles. The normalized spacial score (nSPS) is 14.9. The molecule has 5 nitrogen and oxygen atoms in total. The van der Waals surface area contributed by atoms with E-state index < -0.39 is 0 Å². The monoisotopic (exact) mass is 312 g/mol. The predicted molar refractivity (Wildman–Crippen MR) is 84.4 cm³/mol. The number of aryl methyl sites for hydroxylation is 2. The molecule has 21 heavy (non-hydrogen) atoms. The first-order chi connectivity index (χ1) is 10.2. The van der Waals surface area contributed by atoms with E-state index in [0.717, 1.165) is 55.3 Å². The molecule has 1 aliphatic rings. The second kappa shape index (κ2) is 7.80. The van der Waals surface area contributed by atoms with Crippen LogP contribution in [0.15, 0.2) is 0 Å². The van der Waals surface area contributed by atoms with Gasteiger partial charge in [0.15, 0.2) is 0 Å². The van der Waals surface area contributed by atoms with Gasteiger partial charge in [0.05, 0.1) is 16.4 Å². The van der Waals surface area contributed by atoms with Crippen LogP contribution in [-0.4, -0.2) is 40.2 Å². The Morgan fingerprint density at radius 3 is 2.67 bits per heavy atom. The third kappa shape index (κ3) is 3.98. The highest BCUT2D eigenvalue weighted by atomic mass is 35.5. The van der Waals surface area contributed by atoms with E-state index in [4.69, 9.17) is 11.6 Å². The van der Waals surface area contributed by atoms with Crippen molar-refractivity contribution in [1.82, 2.24) is 20.0 Å². The molecule has 1 fully saturated rings. The Kier molecular flexibility index (Phi) is 6.06. The summed E-state index contributed by atoms with van der Waals surface area (Å²) in [5.41, 5.74) is 1.97. The van der Waals surface area contributed by atoms with Gasteiger partial charge in [-0.1, -0.05) is 18.5 Å². The van der Waals surface area contributed by atoms with E-state index >= 15 is 0 Å². The molecule has 0 spiro atoms. The van der Waals surface area contributed by atoms with E-state index in [1.165, 1.54) is 0 Å². The van der Waals surface area contributed by atoms with E-state index in [1.54, 1.807) is 0 Å². The summed E-state index contributed by atoms with van der Waals surface area (Å²) >= 11 is 6.35. The lowest BCUT2D eigenvalue weighted by Gasteiger charge is -2.15. The number of halogens is 1. The van der Waals surface area contributed by atoms with Crippen molar-refractivity contribution in [2.45, 2.75) is 52.6 Å². The van der Waals surface area contributed by atoms with Gasteiger partial charge in [0, 0.05) is 39.1 Å². The fourth-order valence-corrected chi connectivity index (χ4v) is 3.05. The Morgan fingerprint density at radius 1 is 1.33 bits per heavy atom. The minimum absolute atomic E-state index is 0.254. The number of nitrogens with one attached hydrogen (secondary N) is 1. The molecular weight excluding hydrogens is 288 g/mol. The highest BCUT2D eigenvalue weighted by Gasteiger charge is 2.17. The lowest BCUT2D eigenvalue weighted by molar-refractivity contribution is -0.130. The van der Waals surface area contributed by atoms with Gasteiger partial charge >= 0.3 is 0 Å². The summed E-state index contributed by atoms with van der Waals surface area (Å²) in [5, 5.41) is 8.57. The molecule has 0 saturated carbocycles. The molecule has 0 aliphatic carbocycles. The summed E-state index contributed by atoms with van der Waals surface area (Å²) < 4.78 is 1.94. The maximum atomic E-state index is 11.9. The summed E-state index contributed by atoms with van der Waals surface area (Å²) in [5.74, 6) is 0.254. The Hall–Kier alpha value is -1.07. The molecule has 1 N–H and O–H groups in total. The Morgan fingerprint density at radius 2 is 2.05 bits per heavy atom. The summed E-state index contributed by atoms with van der Waals surface area (Å²) in [6, 6.07) is 0. The first kappa shape index (κ1) is 16.3. The molecule has 0 aromatic carbocycles. The van der Waals surface area contributed by atoms with Gasteiger partial charge in [-0.05, 0) is 26.2 Å². The van der Waals surface area contributed by atoms with Gasteiger partial charge in [0.25, 0.3) is 0 Å². The SMILES string of the molecule is CCc1nn(CC)c(CNCCC(=O)N2CCCC2)c1Cl. The molecule has 1 saturated heterocycles. The average molecular weight is 313 g/mol. The molecule has 2 rings (SSSR count). The lowest BCUT2D eigenvalue weighted by Crippen LogP contribution is -2.30. The highest BCUT2D eigenvalue weighted by Crippen LogP contribution is 2.21. The second-order valence-corrected chi connectivity index (χ2v) is 5.77. The lowest BCUT2D eigenvalue weighted by atomic mass is 10.3. The van der Waals surface area contributed by atoms with Gasteiger partial charge in [-0.3, -0.25) is 9.48 Å². The van der Waals surface area contributed by atoms with Crippen LogP contribution in [0, 0.1) is 0 Å². The average Bonchev–Trinajstić information content (AvgIpc) is 3.12. The van der Waals surface area contributed by atoms with Gasteiger partial charge in [0.2, 0.25) is 5.91 Å². The van der Waals surface area contributed by atoms with Crippen molar-refractivity contribution >= 4 is 17.5 Å². The molecular formula is C15H25ClN4O. The van der Waals surface area contributed by atoms with Crippen molar-refractivity contribution in [1.29, 1.82) is 0 Å². The van der Waals surface area contributed by atoms with Crippen LogP contribution in [0.2, 0.25) is 5.02 Å². The van der Waals surface area contributed by atoms with Crippen LogP contribution in [0.3, 0.4) is 0 Å². The number of rotatable bonds is 7. The zero-order chi connectivity index (χ0) is 15.2. The minimum Gasteiger partial charge on any atom is -0.343 e. The van der Waals surface area contributed by atoms with Crippen molar-refractivity contribution in [3.05, 3.63) is 16.4 Å². The van der Waals surface area contributed by atoms with E-state index in [9.17, 15) is 4.79 Å². The number of hydrogen-bond donors (Lipinski definition) is 1. The van der Waals surface area contributed by atoms with Crippen molar-refractivity contribution in [3.63, 3.8) is 0 Å². The Bertz CT molecular complexity index is 480. The molecule has 1 amide bonds. The maximum absolute atomic E-state index is 11.9. The summed E-state index contributed by atoms with van der Waals surface area (Å²) in [6.07, 6.45) is 3.68. The van der Waals surface area contributed by atoms with E-state index in [0.29, 0.717) is 19.5 Å². The van der Waals surface area contributed by atoms with E-state index in [2.05, 4.69) is 24.3 Å². The third-order valence-corrected chi connectivity index (χ3v) is 4.40. The first-order valence-electron chi connectivity index (χ1n) is 7.89. The standard InChI is InChI=1S/C15H25ClN4O/c1-3-12-15(16)13(20(4-2)18-12)11-17-8-7-14(21)19-9-5-6-10-19/h17H,3-11H2,1-2H3. The fourth-order valence-electron chi connectivity index (χ4n) is 2.71. The molecule has 1 aromatic rings. The van der Waals surface area contributed by atoms with Gasteiger partial charge in [-0.2, -0.15) is 5.10 Å². The zero-order valence-corrected chi connectivity index (χ0v) is 13.7. The van der Waals surface area contributed by atoms with Gasteiger partial charge in [-0.25, -0.2) is 0 Å². The molecule has 6 heteroatoms. The number of carbonyl (C=O) groups excluding carboxylic acids is 1. The summed E-state index contributed by atoms with van der Waals surface area (Å²) in [6.45, 7) is 8.11. The number of hydrogen-bond acceptors (Lipinski definition) is 3. The zero-order valence-electron chi connectivity index (χ0n) is 13.0. The van der Waals surface area contributed by atoms with E-state index in [-0.39, 0.29) is 5.91 Å². The molecule has 1 aliphatic heterocycles. The van der Waals surface area contributed by atoms with Crippen LogP contribution < -0.4 is 5.32 Å². The van der Waals surface area contributed by atoms with Crippen LogP contribution in [0.25, 0.3) is 0 Å². The van der Waals surface area contributed by atoms with Crippen LogP contribution in [0.5, 0.6) is 0 Å². The molecule has 0 unspecified atom stereocenters. The quantitative estimate of drug-likeness (QED) is 0.785. The van der Waals surface area contributed by atoms with Crippen LogP contribution in [0.4, 0.5) is 0 Å². The van der Waals surface area contributed by atoms with Crippen molar-refractivity contribution in [2.75, 3.05) is 19.6 Å². The molecule has 0 bridgehead atoms. The maximum Gasteiger partial charge on any atom is 0.223 e. The molecule has 1 aromatic heterocycles. The molecule has 0 atom stereocenters. The fraction of sp³-hybridized carbons (Fsp3) is 0.733. The first-order valence-corrected chi connectivity index (χ1v) is 8.27. The number of likely N-dealkylation sites (tertiary alicyclic amines) is 1. The highest BCUT2D eigenvalue weighted by molar-refractivity contribution is 6.31. The number of nitrogens with zero attached hydrogens (tertiary/aromatic N) is 3. The van der Waals surface area contributed by atoms with Gasteiger partial charge in [0.1, 0.15) is 0 Å². The number of carbonyl (C=O) groups is 1. The topological polar surface area (TPSA) is 50.2 Å². The minimum atomic E-state index is 0.254. The van der Waals surface area contributed by atoms with Crippen molar-refractivity contribution < 1.29 is 4.79 Å². The molecule has 118 valence electrons. The van der Waals surface area contributed by atoms with Gasteiger partial charge in [-0.15, -0.1) is 0 Å². The molecule has 0 radical (unpaired) electrons. The smallest absolute Gasteiger partial charge is 0.223 e. The van der Waals surface area contributed by atoms with Crippen molar-refractivity contribution in [3.8, 4) is 0 Å². The largest absolute Gasteiger partial charge is 0.343 e. The summed E-state index contributed by atoms with van der Waals surface area (Å²) in [7, 11) is 0.